The van der Waals surface area contributed by atoms with Crippen LogP contribution in [-0.2, 0) is 5.75 Å². The first-order valence-corrected chi connectivity index (χ1v) is 10.9. The summed E-state index contributed by atoms with van der Waals surface area (Å²) in [6, 6.07) is 21.7. The molecule has 0 saturated heterocycles. The zero-order valence-electron chi connectivity index (χ0n) is 17.0. The van der Waals surface area contributed by atoms with Crippen molar-refractivity contribution in [3.05, 3.63) is 95.8 Å². The van der Waals surface area contributed by atoms with Crippen LogP contribution >= 0.6 is 11.8 Å². The van der Waals surface area contributed by atoms with Gasteiger partial charge in [-0.2, -0.15) is 0 Å². The van der Waals surface area contributed by atoms with E-state index < -0.39 is 0 Å². The van der Waals surface area contributed by atoms with E-state index in [2.05, 4.69) is 35.2 Å². The van der Waals surface area contributed by atoms with Gasteiger partial charge in [-0.25, -0.2) is 4.98 Å². The molecule has 0 saturated carbocycles. The van der Waals surface area contributed by atoms with Gasteiger partial charge in [-0.3, -0.25) is 9.78 Å². The van der Waals surface area contributed by atoms with Crippen LogP contribution in [0.1, 0.15) is 41.3 Å². The quantitative estimate of drug-likeness (QED) is 0.377. The largest absolute Gasteiger partial charge is 0.322 e. The number of hydrogen-bond acceptors (Lipinski definition) is 4. The molecule has 0 unspecified atom stereocenters. The molecular formula is C25H23N3OS. The predicted octanol–water partition coefficient (Wildman–Crippen LogP) is 6.30. The van der Waals surface area contributed by atoms with Crippen LogP contribution in [0.5, 0.6) is 0 Å². The van der Waals surface area contributed by atoms with Gasteiger partial charge in [0, 0.05) is 29.2 Å². The standard InChI is InChI=1S/C25H23N3OS/c1-17(2)18-9-11-20(12-10-18)28-24(29)22-7-5-14-27-25(22)30-16-19-13-15-26-23-8-4-3-6-21(19)23/h3-15,17H,16H2,1-2H3,(H,28,29). The number of nitrogens with one attached hydrogen (secondary N) is 1. The lowest BCUT2D eigenvalue weighted by Crippen LogP contribution is -2.13. The Labute approximate surface area is 180 Å². The van der Waals surface area contributed by atoms with Gasteiger partial charge in [0.1, 0.15) is 5.03 Å². The number of aromatic nitrogens is 2. The summed E-state index contributed by atoms with van der Waals surface area (Å²) in [5.74, 6) is 1.02. The molecule has 5 heteroatoms. The average molecular weight is 414 g/mol. The van der Waals surface area contributed by atoms with Crippen molar-refractivity contribution in [2.45, 2.75) is 30.5 Å². The zero-order valence-corrected chi connectivity index (χ0v) is 17.8. The number of hydrogen-bond donors (Lipinski definition) is 1. The van der Waals surface area contributed by atoms with Gasteiger partial charge in [0.2, 0.25) is 0 Å². The molecule has 2 heterocycles. The van der Waals surface area contributed by atoms with E-state index in [4.69, 9.17) is 0 Å². The number of thioether (sulfide) groups is 1. The smallest absolute Gasteiger partial charge is 0.258 e. The minimum Gasteiger partial charge on any atom is -0.322 e. The molecule has 0 bridgehead atoms. The Hall–Kier alpha value is -3.18. The van der Waals surface area contributed by atoms with Gasteiger partial charge >= 0.3 is 0 Å². The summed E-state index contributed by atoms with van der Waals surface area (Å²) < 4.78 is 0. The first-order chi connectivity index (χ1) is 14.6. The van der Waals surface area contributed by atoms with Crippen LogP contribution in [0.15, 0.2) is 84.1 Å². The van der Waals surface area contributed by atoms with Crippen LogP contribution in [-0.4, -0.2) is 15.9 Å². The first-order valence-electron chi connectivity index (χ1n) is 9.93. The molecule has 0 atom stereocenters. The third-order valence-corrected chi connectivity index (χ3v) is 6.01. The molecule has 0 aliphatic carbocycles. The second kappa shape index (κ2) is 9.09. The molecule has 1 amide bonds. The highest BCUT2D eigenvalue weighted by molar-refractivity contribution is 7.98. The molecule has 0 spiro atoms. The molecule has 150 valence electrons. The SMILES string of the molecule is CC(C)c1ccc(NC(=O)c2cccnc2SCc2ccnc3ccccc23)cc1. The maximum atomic E-state index is 12.9. The van der Waals surface area contributed by atoms with Gasteiger partial charge in [0.05, 0.1) is 11.1 Å². The molecule has 4 nitrogen and oxygen atoms in total. The van der Waals surface area contributed by atoms with Gasteiger partial charge in [-0.1, -0.05) is 44.2 Å². The van der Waals surface area contributed by atoms with E-state index in [9.17, 15) is 4.79 Å². The third-order valence-electron chi connectivity index (χ3n) is 4.95. The second-order valence-corrected chi connectivity index (χ2v) is 8.33. The maximum absolute atomic E-state index is 12.9. The summed E-state index contributed by atoms with van der Waals surface area (Å²) in [5, 5.41) is 4.83. The summed E-state index contributed by atoms with van der Waals surface area (Å²) in [6.07, 6.45) is 3.55. The van der Waals surface area contributed by atoms with Crippen LogP contribution in [0.2, 0.25) is 0 Å². The van der Waals surface area contributed by atoms with Gasteiger partial charge in [-0.05, 0) is 53.4 Å². The Bertz CT molecular complexity index is 1170. The average Bonchev–Trinajstić information content (AvgIpc) is 2.78. The number of carbonyl (C=O) groups excluding carboxylic acids is 1. The predicted molar refractivity (Wildman–Crippen MR) is 124 cm³/mol. The van der Waals surface area contributed by atoms with Crippen LogP contribution in [0, 0.1) is 0 Å². The molecule has 2 aromatic heterocycles. The molecule has 0 fully saturated rings. The molecule has 2 aromatic carbocycles. The van der Waals surface area contributed by atoms with Gasteiger partial charge in [0.25, 0.3) is 5.91 Å². The van der Waals surface area contributed by atoms with Gasteiger partial charge in [0.15, 0.2) is 0 Å². The lowest BCUT2D eigenvalue weighted by Gasteiger charge is -2.11. The van der Waals surface area contributed by atoms with E-state index in [1.807, 2.05) is 60.8 Å². The minimum atomic E-state index is -0.150. The molecule has 4 aromatic rings. The number of anilines is 1. The van der Waals surface area contributed by atoms with E-state index >= 15 is 0 Å². The van der Waals surface area contributed by atoms with Crippen LogP contribution in [0.3, 0.4) is 0 Å². The lowest BCUT2D eigenvalue weighted by atomic mass is 10.0. The highest BCUT2D eigenvalue weighted by atomic mass is 32.2. The normalized spacial score (nSPS) is 11.0. The Kier molecular flexibility index (Phi) is 6.10. The summed E-state index contributed by atoms with van der Waals surface area (Å²) in [7, 11) is 0. The number of fused-ring (bicyclic) bond motifs is 1. The van der Waals surface area contributed by atoms with Crippen LogP contribution in [0.4, 0.5) is 5.69 Å². The molecule has 0 aliphatic rings. The third kappa shape index (κ3) is 4.52. The van der Waals surface area contributed by atoms with Crippen molar-refractivity contribution >= 4 is 34.3 Å². The van der Waals surface area contributed by atoms with E-state index in [0.717, 1.165) is 21.6 Å². The second-order valence-electron chi connectivity index (χ2n) is 7.36. The summed E-state index contributed by atoms with van der Waals surface area (Å²) in [6.45, 7) is 4.30. The van der Waals surface area contributed by atoms with Gasteiger partial charge < -0.3 is 5.32 Å². The number of carbonyl (C=O) groups is 1. The minimum absolute atomic E-state index is 0.150. The summed E-state index contributed by atoms with van der Waals surface area (Å²) in [5.41, 5.74) is 4.75. The van der Waals surface area contributed by atoms with E-state index in [1.54, 1.807) is 24.0 Å². The summed E-state index contributed by atoms with van der Waals surface area (Å²) >= 11 is 1.56. The van der Waals surface area contributed by atoms with Crippen molar-refractivity contribution < 1.29 is 4.79 Å². The Morgan fingerprint density at radius 2 is 1.73 bits per heavy atom. The van der Waals surface area contributed by atoms with Crippen molar-refractivity contribution in [1.29, 1.82) is 0 Å². The molecule has 4 rings (SSSR count). The van der Waals surface area contributed by atoms with E-state index in [1.165, 1.54) is 11.1 Å². The fourth-order valence-electron chi connectivity index (χ4n) is 3.26. The van der Waals surface area contributed by atoms with Gasteiger partial charge in [-0.15, -0.1) is 11.8 Å². The number of rotatable bonds is 6. The maximum Gasteiger partial charge on any atom is 0.258 e. The van der Waals surface area contributed by atoms with E-state index in [0.29, 0.717) is 17.2 Å². The van der Waals surface area contributed by atoms with Crippen molar-refractivity contribution in [3.63, 3.8) is 0 Å². The molecule has 0 aliphatic heterocycles. The van der Waals surface area contributed by atoms with Crippen molar-refractivity contribution in [3.8, 4) is 0 Å². The number of amides is 1. The Morgan fingerprint density at radius 3 is 2.53 bits per heavy atom. The lowest BCUT2D eigenvalue weighted by molar-refractivity contribution is 0.102. The van der Waals surface area contributed by atoms with Crippen LogP contribution in [0.25, 0.3) is 10.9 Å². The molecular weight excluding hydrogens is 390 g/mol. The molecule has 0 radical (unpaired) electrons. The van der Waals surface area contributed by atoms with Crippen molar-refractivity contribution in [2.75, 3.05) is 5.32 Å². The number of nitrogens with zero attached hydrogens (tertiary/aromatic N) is 2. The number of benzene rings is 2. The molecule has 1 N–H and O–H groups in total. The fourth-order valence-corrected chi connectivity index (χ4v) is 4.25. The van der Waals surface area contributed by atoms with Crippen LogP contribution < -0.4 is 5.32 Å². The Balaban J connectivity index is 1.51. The topological polar surface area (TPSA) is 54.9 Å². The summed E-state index contributed by atoms with van der Waals surface area (Å²) in [4.78, 5) is 21.8. The van der Waals surface area contributed by atoms with E-state index in [-0.39, 0.29) is 5.91 Å². The first kappa shape index (κ1) is 20.1. The van der Waals surface area contributed by atoms with Crippen molar-refractivity contribution in [1.82, 2.24) is 9.97 Å². The zero-order chi connectivity index (χ0) is 20.9. The number of pyridine rings is 2. The number of para-hydroxylation sites is 1. The molecule has 30 heavy (non-hydrogen) atoms. The highest BCUT2D eigenvalue weighted by Crippen LogP contribution is 2.28. The monoisotopic (exact) mass is 413 g/mol. The fraction of sp³-hybridized carbons (Fsp3) is 0.160. The Morgan fingerprint density at radius 1 is 0.933 bits per heavy atom. The van der Waals surface area contributed by atoms with Crippen molar-refractivity contribution in [2.24, 2.45) is 0 Å². The highest BCUT2D eigenvalue weighted by Gasteiger charge is 2.14.